The fraction of sp³-hybridized carbons (Fsp3) is 0.0588. The van der Waals surface area contributed by atoms with E-state index in [2.05, 4.69) is 0 Å². The zero-order chi connectivity index (χ0) is 14.7. The number of carbonyl (C=O) groups excluding carboxylic acids is 1. The highest BCUT2D eigenvalue weighted by Crippen LogP contribution is 2.16. The summed E-state index contributed by atoms with van der Waals surface area (Å²) in [6, 6.07) is 16.2. The Morgan fingerprint density at radius 1 is 0.952 bits per heavy atom. The van der Waals surface area contributed by atoms with Gasteiger partial charge in [0, 0.05) is 5.39 Å². The molecule has 3 rings (SSSR count). The van der Waals surface area contributed by atoms with Crippen molar-refractivity contribution in [2.75, 3.05) is 0 Å². The van der Waals surface area contributed by atoms with Crippen LogP contribution in [0.5, 0.6) is 0 Å². The lowest BCUT2D eigenvalue weighted by Crippen LogP contribution is -2.09. The van der Waals surface area contributed by atoms with Gasteiger partial charge in [-0.25, -0.2) is 9.59 Å². The fourth-order valence-corrected chi connectivity index (χ4v) is 2.09. The quantitative estimate of drug-likeness (QED) is 0.691. The molecule has 0 amide bonds. The van der Waals surface area contributed by atoms with Crippen LogP contribution >= 0.6 is 0 Å². The molecular weight excluding hydrogens is 268 g/mol. The number of rotatable bonds is 3. The first-order chi connectivity index (χ1) is 10.3. The molecule has 0 radical (unpaired) electrons. The summed E-state index contributed by atoms with van der Waals surface area (Å²) in [5.74, 6) is -0.515. The number of fused-ring (bicyclic) bond motifs is 1. The van der Waals surface area contributed by atoms with Crippen LogP contribution in [0.15, 0.2) is 70.1 Å². The van der Waals surface area contributed by atoms with E-state index in [0.29, 0.717) is 10.8 Å². The first-order valence-electron chi connectivity index (χ1n) is 6.47. The molecule has 0 N–H and O–H groups in total. The van der Waals surface area contributed by atoms with Crippen molar-refractivity contribution in [3.63, 3.8) is 0 Å². The van der Waals surface area contributed by atoms with E-state index in [9.17, 15) is 9.59 Å². The van der Waals surface area contributed by atoms with E-state index in [1.54, 1.807) is 24.3 Å². The van der Waals surface area contributed by atoms with Gasteiger partial charge in [-0.15, -0.1) is 0 Å². The molecule has 0 unspecified atom stereocenters. The summed E-state index contributed by atoms with van der Waals surface area (Å²) in [5, 5.41) is 0.901. The van der Waals surface area contributed by atoms with Crippen molar-refractivity contribution in [1.29, 1.82) is 0 Å². The molecule has 1 aromatic heterocycles. The van der Waals surface area contributed by atoms with Gasteiger partial charge in [-0.1, -0.05) is 48.5 Å². The van der Waals surface area contributed by atoms with Crippen molar-refractivity contribution < 1.29 is 13.9 Å². The fourth-order valence-electron chi connectivity index (χ4n) is 2.09. The maximum absolute atomic E-state index is 12.2. The Morgan fingerprint density at radius 2 is 1.62 bits per heavy atom. The van der Waals surface area contributed by atoms with Gasteiger partial charge in [0.1, 0.15) is 18.4 Å². The maximum atomic E-state index is 12.2. The molecule has 0 aliphatic heterocycles. The van der Waals surface area contributed by atoms with Crippen LogP contribution in [0.25, 0.3) is 10.8 Å². The summed E-state index contributed by atoms with van der Waals surface area (Å²) in [7, 11) is 0. The Hall–Kier alpha value is -2.88. The first-order valence-corrected chi connectivity index (χ1v) is 6.47. The molecule has 4 heteroatoms. The van der Waals surface area contributed by atoms with Crippen LogP contribution in [-0.2, 0) is 11.3 Å². The molecule has 21 heavy (non-hydrogen) atoms. The van der Waals surface area contributed by atoms with Crippen LogP contribution in [-0.4, -0.2) is 5.97 Å². The predicted molar refractivity (Wildman–Crippen MR) is 78.0 cm³/mol. The zero-order valence-electron chi connectivity index (χ0n) is 11.1. The number of hydrogen-bond donors (Lipinski definition) is 0. The molecule has 0 aliphatic carbocycles. The number of hydrogen-bond acceptors (Lipinski definition) is 4. The summed E-state index contributed by atoms with van der Waals surface area (Å²) in [6.07, 6.45) is 1.15. The molecule has 0 atom stereocenters. The second kappa shape index (κ2) is 5.63. The van der Waals surface area contributed by atoms with Gasteiger partial charge in [0.2, 0.25) is 0 Å². The molecule has 0 saturated carbocycles. The van der Waals surface area contributed by atoms with E-state index in [0.717, 1.165) is 11.8 Å². The minimum atomic E-state index is -0.515. The minimum Gasteiger partial charge on any atom is -0.457 e. The van der Waals surface area contributed by atoms with Gasteiger partial charge in [-0.2, -0.15) is 0 Å². The van der Waals surface area contributed by atoms with Crippen molar-refractivity contribution in [2.24, 2.45) is 0 Å². The third-order valence-electron chi connectivity index (χ3n) is 3.15. The Labute approximate surface area is 120 Å². The van der Waals surface area contributed by atoms with Gasteiger partial charge < -0.3 is 9.15 Å². The van der Waals surface area contributed by atoms with E-state index in [1.165, 1.54) is 0 Å². The zero-order valence-corrected chi connectivity index (χ0v) is 11.1. The van der Waals surface area contributed by atoms with Crippen molar-refractivity contribution in [3.05, 3.63) is 82.4 Å². The average molecular weight is 280 g/mol. The monoisotopic (exact) mass is 280 g/mol. The molecule has 0 spiro atoms. The molecule has 0 saturated heterocycles. The van der Waals surface area contributed by atoms with E-state index in [-0.39, 0.29) is 12.2 Å². The van der Waals surface area contributed by atoms with E-state index in [4.69, 9.17) is 9.15 Å². The van der Waals surface area contributed by atoms with Crippen molar-refractivity contribution in [1.82, 2.24) is 0 Å². The van der Waals surface area contributed by atoms with Crippen LogP contribution in [0.3, 0.4) is 0 Å². The normalized spacial score (nSPS) is 10.5. The predicted octanol–water partition coefficient (Wildman–Crippen LogP) is 3.15. The molecular formula is C17H12O4. The molecule has 2 aromatic carbocycles. The Morgan fingerprint density at radius 3 is 2.38 bits per heavy atom. The SMILES string of the molecule is O=C(OCc1ccccc1)c1coc(=O)c2ccccc12. The summed E-state index contributed by atoms with van der Waals surface area (Å²) in [5.41, 5.74) is 0.680. The van der Waals surface area contributed by atoms with Crippen LogP contribution in [0.4, 0.5) is 0 Å². The van der Waals surface area contributed by atoms with Crippen LogP contribution in [0.1, 0.15) is 15.9 Å². The van der Waals surface area contributed by atoms with Gasteiger partial charge in [0.15, 0.2) is 0 Å². The van der Waals surface area contributed by atoms with Gasteiger partial charge >= 0.3 is 11.6 Å². The smallest absolute Gasteiger partial charge is 0.343 e. The van der Waals surface area contributed by atoms with E-state index < -0.39 is 11.6 Å². The van der Waals surface area contributed by atoms with Gasteiger partial charge in [0.05, 0.1) is 5.39 Å². The lowest BCUT2D eigenvalue weighted by molar-refractivity contribution is 0.0472. The lowest BCUT2D eigenvalue weighted by Gasteiger charge is -2.06. The molecule has 0 bridgehead atoms. The highest BCUT2D eigenvalue weighted by molar-refractivity contribution is 6.03. The third-order valence-corrected chi connectivity index (χ3v) is 3.15. The highest BCUT2D eigenvalue weighted by Gasteiger charge is 2.14. The largest absolute Gasteiger partial charge is 0.457 e. The van der Waals surface area contributed by atoms with Gasteiger partial charge in [0.25, 0.3) is 0 Å². The van der Waals surface area contributed by atoms with Crippen LogP contribution < -0.4 is 5.63 Å². The third kappa shape index (κ3) is 2.69. The molecule has 0 fully saturated rings. The first kappa shape index (κ1) is 13.1. The Balaban J connectivity index is 1.89. The lowest BCUT2D eigenvalue weighted by atomic mass is 10.1. The average Bonchev–Trinajstić information content (AvgIpc) is 2.54. The standard InChI is InChI=1S/C17H12O4/c18-16-14-9-5-4-8-13(14)15(11-21-16)17(19)20-10-12-6-2-1-3-7-12/h1-9,11H,10H2. The molecule has 0 aliphatic rings. The number of carbonyl (C=O) groups is 1. The van der Waals surface area contributed by atoms with Crippen molar-refractivity contribution in [2.45, 2.75) is 6.61 Å². The minimum absolute atomic E-state index is 0.174. The van der Waals surface area contributed by atoms with Crippen molar-refractivity contribution >= 4 is 16.7 Å². The van der Waals surface area contributed by atoms with E-state index >= 15 is 0 Å². The molecule has 3 aromatic rings. The number of benzene rings is 2. The second-order valence-corrected chi connectivity index (χ2v) is 4.54. The summed E-state index contributed by atoms with van der Waals surface area (Å²) >= 11 is 0. The topological polar surface area (TPSA) is 56.5 Å². The van der Waals surface area contributed by atoms with Crippen molar-refractivity contribution in [3.8, 4) is 0 Å². The van der Waals surface area contributed by atoms with Gasteiger partial charge in [-0.3, -0.25) is 0 Å². The van der Waals surface area contributed by atoms with E-state index in [1.807, 2.05) is 30.3 Å². The molecule has 104 valence electrons. The number of esters is 1. The van der Waals surface area contributed by atoms with Crippen LogP contribution in [0.2, 0.25) is 0 Å². The highest BCUT2D eigenvalue weighted by atomic mass is 16.5. The molecule has 1 heterocycles. The Bertz CT molecular complexity index is 834. The summed E-state index contributed by atoms with van der Waals surface area (Å²) in [6.45, 7) is 0.174. The number of ether oxygens (including phenoxy) is 1. The maximum Gasteiger partial charge on any atom is 0.343 e. The Kier molecular flexibility index (Phi) is 3.51. The van der Waals surface area contributed by atoms with Crippen LogP contribution in [0, 0.1) is 0 Å². The summed E-state index contributed by atoms with van der Waals surface area (Å²) < 4.78 is 10.1. The van der Waals surface area contributed by atoms with Gasteiger partial charge in [-0.05, 0) is 11.6 Å². The second-order valence-electron chi connectivity index (χ2n) is 4.54. The summed E-state index contributed by atoms with van der Waals surface area (Å²) in [4.78, 5) is 23.8. The molecule has 4 nitrogen and oxygen atoms in total.